The van der Waals surface area contributed by atoms with Crippen molar-refractivity contribution >= 4 is 5.96 Å². The Balaban J connectivity index is 2.44. The number of nitrogens with one attached hydrogen (secondary N) is 2. The summed E-state index contributed by atoms with van der Waals surface area (Å²) in [4.78, 5) is 8.66. The monoisotopic (exact) mass is 248 g/mol. The van der Waals surface area contributed by atoms with E-state index in [1.165, 1.54) is 5.56 Å². The zero-order valence-electron chi connectivity index (χ0n) is 11.6. The lowest BCUT2D eigenvalue weighted by Gasteiger charge is -2.16. The quantitative estimate of drug-likeness (QED) is 0.598. The summed E-state index contributed by atoms with van der Waals surface area (Å²) in [5, 5.41) is 6.63. The molecule has 1 unspecified atom stereocenters. The second-order valence-electron chi connectivity index (χ2n) is 4.33. The van der Waals surface area contributed by atoms with Crippen LogP contribution in [0.15, 0.2) is 29.5 Å². The van der Waals surface area contributed by atoms with E-state index in [2.05, 4.69) is 47.4 Å². The van der Waals surface area contributed by atoms with Crippen LogP contribution in [0, 0.1) is 0 Å². The molecule has 1 rings (SSSR count). The summed E-state index contributed by atoms with van der Waals surface area (Å²) in [6, 6.07) is 4.49. The summed E-state index contributed by atoms with van der Waals surface area (Å²) >= 11 is 0. The first kappa shape index (κ1) is 14.5. The van der Waals surface area contributed by atoms with Gasteiger partial charge < -0.3 is 10.6 Å². The number of hydrogen-bond donors (Lipinski definition) is 2. The van der Waals surface area contributed by atoms with Gasteiger partial charge in [-0.05, 0) is 38.3 Å². The molecule has 0 fully saturated rings. The van der Waals surface area contributed by atoms with Crippen molar-refractivity contribution in [2.45, 2.75) is 39.7 Å². The lowest BCUT2D eigenvalue weighted by atomic mass is 10.2. The largest absolute Gasteiger partial charge is 0.357 e. The molecule has 0 saturated carbocycles. The Morgan fingerprint density at radius 2 is 2.28 bits per heavy atom. The Morgan fingerprint density at radius 1 is 1.44 bits per heavy atom. The van der Waals surface area contributed by atoms with Gasteiger partial charge in [0, 0.05) is 31.5 Å². The number of aliphatic imine (C=N–C) groups is 1. The molecule has 0 aliphatic heterocycles. The third-order valence-electron chi connectivity index (χ3n) is 2.73. The van der Waals surface area contributed by atoms with Crippen LogP contribution in [-0.4, -0.2) is 30.1 Å². The minimum Gasteiger partial charge on any atom is -0.357 e. The van der Waals surface area contributed by atoms with Crippen molar-refractivity contribution in [3.8, 4) is 0 Å². The Bertz CT molecular complexity index is 348. The molecule has 4 nitrogen and oxygen atoms in total. The summed E-state index contributed by atoms with van der Waals surface area (Å²) in [7, 11) is 0. The molecule has 0 amide bonds. The van der Waals surface area contributed by atoms with Crippen molar-refractivity contribution in [2.75, 3.05) is 13.1 Å². The second-order valence-corrected chi connectivity index (χ2v) is 4.33. The van der Waals surface area contributed by atoms with E-state index in [1.807, 2.05) is 12.3 Å². The number of hydrogen-bond acceptors (Lipinski definition) is 2. The van der Waals surface area contributed by atoms with Gasteiger partial charge in [0.2, 0.25) is 0 Å². The number of nitrogens with zero attached hydrogens (tertiary/aromatic N) is 2. The van der Waals surface area contributed by atoms with Crippen LogP contribution < -0.4 is 10.6 Å². The predicted octanol–water partition coefficient (Wildman–Crippen LogP) is 1.98. The maximum Gasteiger partial charge on any atom is 0.191 e. The minimum absolute atomic E-state index is 0.446. The fourth-order valence-electron chi connectivity index (χ4n) is 1.50. The predicted molar refractivity (Wildman–Crippen MR) is 76.8 cm³/mol. The molecular formula is C14H24N4. The zero-order valence-corrected chi connectivity index (χ0v) is 11.6. The highest BCUT2D eigenvalue weighted by molar-refractivity contribution is 5.80. The average molecular weight is 248 g/mol. The Hall–Kier alpha value is -1.58. The normalized spacial score (nSPS) is 13.2. The van der Waals surface area contributed by atoms with Crippen molar-refractivity contribution in [1.29, 1.82) is 0 Å². The fourth-order valence-corrected chi connectivity index (χ4v) is 1.50. The van der Waals surface area contributed by atoms with Gasteiger partial charge in [-0.25, -0.2) is 0 Å². The van der Waals surface area contributed by atoms with Crippen molar-refractivity contribution in [3.63, 3.8) is 0 Å². The molecule has 1 aromatic heterocycles. The van der Waals surface area contributed by atoms with Crippen molar-refractivity contribution in [3.05, 3.63) is 30.1 Å². The van der Waals surface area contributed by atoms with Crippen molar-refractivity contribution in [2.24, 2.45) is 4.99 Å². The highest BCUT2D eigenvalue weighted by Crippen LogP contribution is 1.97. The van der Waals surface area contributed by atoms with Crippen LogP contribution in [-0.2, 0) is 6.42 Å². The molecule has 0 radical (unpaired) electrons. The molecule has 1 atom stereocenters. The maximum atomic E-state index is 4.56. The van der Waals surface area contributed by atoms with Crippen LogP contribution in [0.1, 0.15) is 32.8 Å². The smallest absolute Gasteiger partial charge is 0.191 e. The lowest BCUT2D eigenvalue weighted by molar-refractivity contribution is 0.624. The molecule has 4 heteroatoms. The number of aromatic nitrogens is 1. The highest BCUT2D eigenvalue weighted by Gasteiger charge is 2.01. The van der Waals surface area contributed by atoms with E-state index >= 15 is 0 Å². The number of rotatable bonds is 6. The van der Waals surface area contributed by atoms with Crippen LogP contribution >= 0.6 is 0 Å². The fraction of sp³-hybridized carbons (Fsp3) is 0.571. The third-order valence-corrected chi connectivity index (χ3v) is 2.73. The zero-order chi connectivity index (χ0) is 13.2. The Morgan fingerprint density at radius 3 is 2.89 bits per heavy atom. The van der Waals surface area contributed by atoms with Crippen LogP contribution in [0.4, 0.5) is 0 Å². The van der Waals surface area contributed by atoms with Crippen LogP contribution in [0.2, 0.25) is 0 Å². The maximum absolute atomic E-state index is 4.56. The van der Waals surface area contributed by atoms with Gasteiger partial charge >= 0.3 is 0 Å². The van der Waals surface area contributed by atoms with E-state index in [1.54, 1.807) is 6.20 Å². The SMILES string of the molecule is CCNC(=NCCc1cccnc1)NC(C)CC. The van der Waals surface area contributed by atoms with Gasteiger partial charge in [0.25, 0.3) is 0 Å². The molecule has 0 aliphatic rings. The Labute approximate surface area is 110 Å². The minimum atomic E-state index is 0.446. The lowest BCUT2D eigenvalue weighted by Crippen LogP contribution is -2.42. The first-order valence-corrected chi connectivity index (χ1v) is 6.70. The number of pyridine rings is 1. The van der Waals surface area contributed by atoms with E-state index in [0.29, 0.717) is 6.04 Å². The van der Waals surface area contributed by atoms with Crippen LogP contribution in [0.25, 0.3) is 0 Å². The topological polar surface area (TPSA) is 49.3 Å². The standard InChI is InChI=1S/C14H24N4/c1-4-12(3)18-14(16-5-2)17-10-8-13-7-6-9-15-11-13/h6-7,9,11-12H,4-5,8,10H2,1-3H3,(H2,16,17,18). The van der Waals surface area contributed by atoms with E-state index in [9.17, 15) is 0 Å². The molecule has 0 bridgehead atoms. The third kappa shape index (κ3) is 5.66. The van der Waals surface area contributed by atoms with E-state index < -0.39 is 0 Å². The molecule has 0 spiro atoms. The highest BCUT2D eigenvalue weighted by atomic mass is 15.2. The molecule has 0 saturated heterocycles. The molecule has 1 aromatic rings. The first-order valence-electron chi connectivity index (χ1n) is 6.70. The number of guanidine groups is 1. The summed E-state index contributed by atoms with van der Waals surface area (Å²) < 4.78 is 0. The van der Waals surface area contributed by atoms with Gasteiger partial charge in [0.1, 0.15) is 0 Å². The molecule has 18 heavy (non-hydrogen) atoms. The van der Waals surface area contributed by atoms with Crippen molar-refractivity contribution < 1.29 is 0 Å². The summed E-state index contributed by atoms with van der Waals surface area (Å²) in [6.07, 6.45) is 5.70. The van der Waals surface area contributed by atoms with Gasteiger partial charge in [0.15, 0.2) is 5.96 Å². The van der Waals surface area contributed by atoms with Crippen molar-refractivity contribution in [1.82, 2.24) is 15.6 Å². The van der Waals surface area contributed by atoms with Crippen LogP contribution in [0.3, 0.4) is 0 Å². The molecular weight excluding hydrogens is 224 g/mol. The van der Waals surface area contributed by atoms with Gasteiger partial charge in [-0.2, -0.15) is 0 Å². The van der Waals surface area contributed by atoms with Gasteiger partial charge in [-0.15, -0.1) is 0 Å². The summed E-state index contributed by atoms with van der Waals surface area (Å²) in [6.45, 7) is 8.06. The Kier molecular flexibility index (Phi) is 6.84. The second kappa shape index (κ2) is 8.50. The summed E-state index contributed by atoms with van der Waals surface area (Å²) in [5.41, 5.74) is 1.22. The molecule has 2 N–H and O–H groups in total. The van der Waals surface area contributed by atoms with E-state index in [4.69, 9.17) is 0 Å². The molecule has 1 heterocycles. The van der Waals surface area contributed by atoms with Gasteiger partial charge in [0.05, 0.1) is 0 Å². The molecule has 100 valence electrons. The molecule has 0 aromatic carbocycles. The molecule has 0 aliphatic carbocycles. The first-order chi connectivity index (χ1) is 8.76. The van der Waals surface area contributed by atoms with Crippen LogP contribution in [0.5, 0.6) is 0 Å². The average Bonchev–Trinajstić information content (AvgIpc) is 2.40. The van der Waals surface area contributed by atoms with Gasteiger partial charge in [-0.1, -0.05) is 13.0 Å². The van der Waals surface area contributed by atoms with E-state index in [-0.39, 0.29) is 0 Å². The van der Waals surface area contributed by atoms with E-state index in [0.717, 1.165) is 31.9 Å². The van der Waals surface area contributed by atoms with Gasteiger partial charge in [-0.3, -0.25) is 9.98 Å². The summed E-state index contributed by atoms with van der Waals surface area (Å²) in [5.74, 6) is 0.899.